The SMILES string of the molecule is Cc1cccc(C(=O)N[C@@H](CCC(N)=O)C(=O)O)c1Cl. The number of rotatable bonds is 6. The van der Waals surface area contributed by atoms with Crippen LogP contribution in [0.1, 0.15) is 28.8 Å². The van der Waals surface area contributed by atoms with Gasteiger partial charge in [0.25, 0.3) is 5.91 Å². The van der Waals surface area contributed by atoms with Gasteiger partial charge >= 0.3 is 5.97 Å². The fourth-order valence-electron chi connectivity index (χ4n) is 1.60. The average Bonchev–Trinajstić information content (AvgIpc) is 2.36. The molecule has 2 amide bonds. The molecule has 0 saturated heterocycles. The number of amides is 2. The third-order valence-electron chi connectivity index (χ3n) is 2.72. The van der Waals surface area contributed by atoms with E-state index in [1.54, 1.807) is 19.1 Å². The van der Waals surface area contributed by atoms with Crippen LogP contribution in [0.25, 0.3) is 0 Å². The van der Waals surface area contributed by atoms with Crippen molar-refractivity contribution in [3.63, 3.8) is 0 Å². The molecule has 20 heavy (non-hydrogen) atoms. The summed E-state index contributed by atoms with van der Waals surface area (Å²) in [4.78, 5) is 33.7. The molecule has 0 aliphatic heterocycles. The zero-order valence-electron chi connectivity index (χ0n) is 10.9. The minimum absolute atomic E-state index is 0.0696. The van der Waals surface area contributed by atoms with Gasteiger partial charge in [-0.3, -0.25) is 9.59 Å². The molecule has 4 N–H and O–H groups in total. The quantitative estimate of drug-likeness (QED) is 0.730. The number of halogens is 1. The molecule has 6 nitrogen and oxygen atoms in total. The number of aliphatic carboxylic acids is 1. The molecule has 1 aromatic rings. The van der Waals surface area contributed by atoms with Crippen molar-refractivity contribution < 1.29 is 19.5 Å². The first kappa shape index (κ1) is 16.0. The van der Waals surface area contributed by atoms with Gasteiger partial charge < -0.3 is 16.2 Å². The summed E-state index contributed by atoms with van der Waals surface area (Å²) in [5, 5.41) is 11.6. The first-order valence-corrected chi connectivity index (χ1v) is 6.27. The number of primary amides is 1. The van der Waals surface area contributed by atoms with Gasteiger partial charge in [0.15, 0.2) is 0 Å². The second-order valence-electron chi connectivity index (χ2n) is 4.31. The van der Waals surface area contributed by atoms with E-state index in [0.717, 1.165) is 0 Å². The first-order chi connectivity index (χ1) is 9.32. The Hall–Kier alpha value is -2.08. The lowest BCUT2D eigenvalue weighted by molar-refractivity contribution is -0.139. The van der Waals surface area contributed by atoms with Crippen molar-refractivity contribution in [3.8, 4) is 0 Å². The monoisotopic (exact) mass is 298 g/mol. The minimum Gasteiger partial charge on any atom is -0.480 e. The van der Waals surface area contributed by atoms with Gasteiger partial charge in [-0.2, -0.15) is 0 Å². The molecular weight excluding hydrogens is 284 g/mol. The minimum atomic E-state index is -1.23. The zero-order valence-corrected chi connectivity index (χ0v) is 11.6. The summed E-state index contributed by atoms with van der Waals surface area (Å²) in [6.45, 7) is 1.74. The van der Waals surface area contributed by atoms with Crippen molar-refractivity contribution in [2.45, 2.75) is 25.8 Å². The van der Waals surface area contributed by atoms with Crippen molar-refractivity contribution in [1.82, 2.24) is 5.32 Å². The number of aryl methyl sites for hydroxylation is 1. The summed E-state index contributed by atoms with van der Waals surface area (Å²) < 4.78 is 0. The highest BCUT2D eigenvalue weighted by atomic mass is 35.5. The summed E-state index contributed by atoms with van der Waals surface area (Å²) in [6, 6.07) is 3.69. The molecule has 0 bridgehead atoms. The van der Waals surface area contributed by atoms with Crippen LogP contribution in [0.4, 0.5) is 0 Å². The van der Waals surface area contributed by atoms with Crippen LogP contribution in [-0.4, -0.2) is 28.9 Å². The number of nitrogens with two attached hydrogens (primary N) is 1. The van der Waals surface area contributed by atoms with E-state index in [4.69, 9.17) is 22.4 Å². The van der Waals surface area contributed by atoms with Crippen LogP contribution in [0.3, 0.4) is 0 Å². The van der Waals surface area contributed by atoms with Crippen molar-refractivity contribution in [2.75, 3.05) is 0 Å². The maximum absolute atomic E-state index is 12.0. The maximum Gasteiger partial charge on any atom is 0.326 e. The van der Waals surface area contributed by atoms with E-state index in [2.05, 4.69) is 5.32 Å². The summed E-state index contributed by atoms with van der Waals surface area (Å²) in [7, 11) is 0. The predicted octanol–water partition coefficient (Wildman–Crippen LogP) is 1.10. The zero-order chi connectivity index (χ0) is 15.3. The fraction of sp³-hybridized carbons (Fsp3) is 0.308. The number of benzene rings is 1. The Kier molecular flexibility index (Phi) is 5.52. The molecule has 1 atom stereocenters. The Labute approximate surface area is 120 Å². The molecule has 0 fully saturated rings. The molecule has 1 aromatic carbocycles. The Morgan fingerprint density at radius 3 is 2.60 bits per heavy atom. The number of carbonyl (C=O) groups excluding carboxylic acids is 2. The molecule has 0 aromatic heterocycles. The van der Waals surface area contributed by atoms with Crippen LogP contribution in [0.5, 0.6) is 0 Å². The molecule has 0 spiro atoms. The van der Waals surface area contributed by atoms with Gasteiger partial charge in [-0.1, -0.05) is 23.7 Å². The van der Waals surface area contributed by atoms with Crippen molar-refractivity contribution >= 4 is 29.4 Å². The van der Waals surface area contributed by atoms with Crippen LogP contribution < -0.4 is 11.1 Å². The third kappa shape index (κ3) is 4.24. The van der Waals surface area contributed by atoms with Gasteiger partial charge in [0.05, 0.1) is 10.6 Å². The lowest BCUT2D eigenvalue weighted by Gasteiger charge is -2.14. The highest BCUT2D eigenvalue weighted by molar-refractivity contribution is 6.34. The molecule has 0 radical (unpaired) electrons. The van der Waals surface area contributed by atoms with Gasteiger partial charge in [0, 0.05) is 6.42 Å². The molecule has 108 valence electrons. The molecular formula is C13H15ClN2O4. The van der Waals surface area contributed by atoms with Crippen molar-refractivity contribution in [1.29, 1.82) is 0 Å². The number of carboxylic acids is 1. The molecule has 0 heterocycles. The molecule has 0 aliphatic rings. The van der Waals surface area contributed by atoms with E-state index in [-0.39, 0.29) is 23.4 Å². The van der Waals surface area contributed by atoms with Crippen molar-refractivity contribution in [3.05, 3.63) is 34.3 Å². The summed E-state index contributed by atoms with van der Waals surface area (Å²) in [6.07, 6.45) is -0.196. The third-order valence-corrected chi connectivity index (χ3v) is 3.22. The van der Waals surface area contributed by atoms with E-state index in [9.17, 15) is 14.4 Å². The van der Waals surface area contributed by atoms with Crippen molar-refractivity contribution in [2.24, 2.45) is 5.73 Å². The molecule has 7 heteroatoms. The predicted molar refractivity (Wildman–Crippen MR) is 73.5 cm³/mol. The number of carbonyl (C=O) groups is 3. The Bertz CT molecular complexity index is 545. The molecule has 1 rings (SSSR count). The average molecular weight is 299 g/mol. The normalized spacial score (nSPS) is 11.7. The highest BCUT2D eigenvalue weighted by Gasteiger charge is 2.22. The Morgan fingerprint density at radius 2 is 2.05 bits per heavy atom. The second kappa shape index (κ2) is 6.91. The van der Waals surface area contributed by atoms with Crippen LogP contribution >= 0.6 is 11.6 Å². The molecule has 0 aliphatic carbocycles. The van der Waals surface area contributed by atoms with E-state index < -0.39 is 23.8 Å². The second-order valence-corrected chi connectivity index (χ2v) is 4.68. The molecule has 0 unspecified atom stereocenters. The van der Waals surface area contributed by atoms with Gasteiger partial charge in [0.1, 0.15) is 6.04 Å². The standard InChI is InChI=1S/C13H15ClN2O4/c1-7-3-2-4-8(11(7)14)12(18)16-9(13(19)20)5-6-10(15)17/h2-4,9H,5-6H2,1H3,(H2,15,17)(H,16,18)(H,19,20)/t9-/m0/s1. The summed E-state index contributed by atoms with van der Waals surface area (Å²) in [5.74, 6) is -2.46. The topological polar surface area (TPSA) is 109 Å². The fourth-order valence-corrected chi connectivity index (χ4v) is 1.81. The summed E-state index contributed by atoms with van der Waals surface area (Å²) >= 11 is 6.00. The van der Waals surface area contributed by atoms with Gasteiger partial charge in [0.2, 0.25) is 5.91 Å². The lowest BCUT2D eigenvalue weighted by atomic mass is 10.1. The van der Waals surface area contributed by atoms with E-state index in [1.807, 2.05) is 0 Å². The molecule has 0 saturated carbocycles. The lowest BCUT2D eigenvalue weighted by Crippen LogP contribution is -2.41. The van der Waals surface area contributed by atoms with Crippen LogP contribution in [-0.2, 0) is 9.59 Å². The van der Waals surface area contributed by atoms with Gasteiger partial charge in [-0.15, -0.1) is 0 Å². The number of hydrogen-bond acceptors (Lipinski definition) is 3. The Morgan fingerprint density at radius 1 is 1.40 bits per heavy atom. The van der Waals surface area contributed by atoms with Gasteiger partial charge in [-0.25, -0.2) is 4.79 Å². The first-order valence-electron chi connectivity index (χ1n) is 5.90. The van der Waals surface area contributed by atoms with Crippen LogP contribution in [0, 0.1) is 6.92 Å². The maximum atomic E-state index is 12.0. The van der Waals surface area contributed by atoms with E-state index >= 15 is 0 Å². The van der Waals surface area contributed by atoms with Crippen LogP contribution in [0.2, 0.25) is 5.02 Å². The smallest absolute Gasteiger partial charge is 0.326 e. The number of hydrogen-bond donors (Lipinski definition) is 3. The number of nitrogens with one attached hydrogen (secondary N) is 1. The van der Waals surface area contributed by atoms with E-state index in [1.165, 1.54) is 6.07 Å². The Balaban J connectivity index is 2.83. The van der Waals surface area contributed by atoms with Gasteiger partial charge in [-0.05, 0) is 25.0 Å². The number of carboxylic acid groups (broad SMARTS) is 1. The van der Waals surface area contributed by atoms with E-state index in [0.29, 0.717) is 5.56 Å². The summed E-state index contributed by atoms with van der Waals surface area (Å²) in [5.41, 5.74) is 5.86. The largest absolute Gasteiger partial charge is 0.480 e. The highest BCUT2D eigenvalue weighted by Crippen LogP contribution is 2.20. The van der Waals surface area contributed by atoms with Crippen LogP contribution in [0.15, 0.2) is 18.2 Å².